The van der Waals surface area contributed by atoms with Gasteiger partial charge in [0.25, 0.3) is 0 Å². The number of imide groups is 1. The van der Waals surface area contributed by atoms with E-state index in [1.165, 1.54) is 11.8 Å². The number of hydrogen-bond donors (Lipinski definition) is 2. The Labute approximate surface area is 192 Å². The Hall–Kier alpha value is -3.13. The highest BCUT2D eigenvalue weighted by Crippen LogP contribution is 2.24. The molecule has 3 aromatic rings. The summed E-state index contributed by atoms with van der Waals surface area (Å²) in [6.45, 7) is 0. The Bertz CT molecular complexity index is 1030. The fourth-order valence-electron chi connectivity index (χ4n) is 3.84. The summed E-state index contributed by atoms with van der Waals surface area (Å²) in [7, 11) is 0. The highest BCUT2D eigenvalue weighted by atomic mass is 32.2. The van der Waals surface area contributed by atoms with E-state index in [1.807, 2.05) is 53.1 Å². The summed E-state index contributed by atoms with van der Waals surface area (Å²) in [6.07, 6.45) is 5.10. The molecule has 1 aliphatic carbocycles. The van der Waals surface area contributed by atoms with E-state index >= 15 is 0 Å². The second-order valence-electron chi connectivity index (χ2n) is 7.83. The molecule has 0 saturated heterocycles. The first-order valence-corrected chi connectivity index (χ1v) is 11.9. The van der Waals surface area contributed by atoms with Crippen molar-refractivity contribution in [3.8, 4) is 5.69 Å². The van der Waals surface area contributed by atoms with Gasteiger partial charge in [-0.1, -0.05) is 73.1 Å². The van der Waals surface area contributed by atoms with E-state index < -0.39 is 6.03 Å². The van der Waals surface area contributed by atoms with E-state index in [-0.39, 0.29) is 18.4 Å². The minimum atomic E-state index is -0.399. The standard InChI is InChI=1S/C24H27N5O2S/c30-22(26-23(31)25-19-11-7-8-12-19)15-16-32-24-28-27-21(17-18-9-3-1-4-10-18)29(24)20-13-5-2-6-14-20/h1-6,9-10,13-14,19H,7-8,11-12,15-17H2,(H2,25,26,30,31). The number of hydrogen-bond acceptors (Lipinski definition) is 5. The molecule has 1 aliphatic rings. The predicted molar refractivity (Wildman–Crippen MR) is 125 cm³/mol. The van der Waals surface area contributed by atoms with E-state index in [2.05, 4.69) is 33.0 Å². The van der Waals surface area contributed by atoms with Gasteiger partial charge in [-0.05, 0) is 30.5 Å². The molecule has 0 radical (unpaired) electrons. The summed E-state index contributed by atoms with van der Waals surface area (Å²) in [4.78, 5) is 24.2. The predicted octanol–water partition coefficient (Wildman–Crippen LogP) is 4.11. The van der Waals surface area contributed by atoms with Crippen LogP contribution in [0.4, 0.5) is 4.79 Å². The van der Waals surface area contributed by atoms with Gasteiger partial charge in [0.1, 0.15) is 5.82 Å². The van der Waals surface area contributed by atoms with Crippen molar-refractivity contribution in [2.75, 3.05) is 5.75 Å². The van der Waals surface area contributed by atoms with Gasteiger partial charge in [-0.3, -0.25) is 14.7 Å². The zero-order valence-corrected chi connectivity index (χ0v) is 18.7. The van der Waals surface area contributed by atoms with Crippen molar-refractivity contribution < 1.29 is 9.59 Å². The fourth-order valence-corrected chi connectivity index (χ4v) is 4.75. The minimum absolute atomic E-state index is 0.185. The van der Waals surface area contributed by atoms with Crippen LogP contribution in [0.1, 0.15) is 43.5 Å². The van der Waals surface area contributed by atoms with E-state index in [4.69, 9.17) is 0 Å². The Morgan fingerprint density at radius 3 is 2.38 bits per heavy atom. The number of carbonyl (C=O) groups is 2. The third-order valence-electron chi connectivity index (χ3n) is 5.42. The topological polar surface area (TPSA) is 88.9 Å². The van der Waals surface area contributed by atoms with Crippen LogP contribution in [0.3, 0.4) is 0 Å². The molecule has 2 N–H and O–H groups in total. The molecule has 0 aliphatic heterocycles. The molecule has 2 aromatic carbocycles. The molecule has 1 aromatic heterocycles. The molecule has 4 rings (SSSR count). The first kappa shape index (κ1) is 22.1. The number of benzene rings is 2. The lowest BCUT2D eigenvalue weighted by atomic mass is 10.1. The van der Waals surface area contributed by atoms with Crippen molar-refractivity contribution in [1.82, 2.24) is 25.4 Å². The van der Waals surface area contributed by atoms with Crippen LogP contribution < -0.4 is 10.6 Å². The average molecular weight is 450 g/mol. The summed E-state index contributed by atoms with van der Waals surface area (Å²) in [6, 6.07) is 19.9. The largest absolute Gasteiger partial charge is 0.335 e. The fraction of sp³-hybridized carbons (Fsp3) is 0.333. The van der Waals surface area contributed by atoms with Gasteiger partial charge < -0.3 is 5.32 Å². The highest BCUT2D eigenvalue weighted by Gasteiger charge is 2.19. The molecule has 32 heavy (non-hydrogen) atoms. The maximum atomic E-state index is 12.2. The monoisotopic (exact) mass is 449 g/mol. The van der Waals surface area contributed by atoms with E-state index in [1.54, 1.807) is 0 Å². The number of para-hydroxylation sites is 1. The smallest absolute Gasteiger partial charge is 0.321 e. The number of rotatable bonds is 8. The lowest BCUT2D eigenvalue weighted by Gasteiger charge is -2.12. The summed E-state index contributed by atoms with van der Waals surface area (Å²) < 4.78 is 2.03. The minimum Gasteiger partial charge on any atom is -0.335 e. The average Bonchev–Trinajstić information content (AvgIpc) is 3.45. The first-order chi connectivity index (χ1) is 15.7. The molecule has 1 saturated carbocycles. The van der Waals surface area contributed by atoms with Gasteiger partial charge in [0.15, 0.2) is 5.16 Å². The molecular formula is C24H27N5O2S. The SMILES string of the molecule is O=C(CCSc1nnc(Cc2ccccc2)n1-c1ccccc1)NC(=O)NC1CCCC1. The van der Waals surface area contributed by atoms with Crippen molar-refractivity contribution in [2.45, 2.75) is 49.7 Å². The normalized spacial score (nSPS) is 13.8. The third kappa shape index (κ3) is 5.97. The van der Waals surface area contributed by atoms with Gasteiger partial charge in [0.05, 0.1) is 0 Å². The van der Waals surface area contributed by atoms with Gasteiger partial charge in [-0.25, -0.2) is 4.79 Å². The molecule has 0 atom stereocenters. The molecule has 1 fully saturated rings. The molecule has 3 amide bonds. The van der Waals surface area contributed by atoms with Crippen LogP contribution in [0, 0.1) is 0 Å². The lowest BCUT2D eigenvalue weighted by Crippen LogP contribution is -2.43. The van der Waals surface area contributed by atoms with Crippen LogP contribution in [0.2, 0.25) is 0 Å². The van der Waals surface area contributed by atoms with Crippen molar-refractivity contribution >= 4 is 23.7 Å². The summed E-state index contributed by atoms with van der Waals surface area (Å²) in [5, 5.41) is 14.8. The van der Waals surface area contributed by atoms with E-state index in [9.17, 15) is 9.59 Å². The Morgan fingerprint density at radius 1 is 0.969 bits per heavy atom. The van der Waals surface area contributed by atoms with Crippen LogP contribution in [-0.4, -0.2) is 38.5 Å². The molecule has 0 bridgehead atoms. The van der Waals surface area contributed by atoms with Gasteiger partial charge in [0.2, 0.25) is 5.91 Å². The zero-order chi connectivity index (χ0) is 22.2. The number of urea groups is 1. The number of aromatic nitrogens is 3. The van der Waals surface area contributed by atoms with Crippen molar-refractivity contribution in [1.29, 1.82) is 0 Å². The van der Waals surface area contributed by atoms with Crippen molar-refractivity contribution in [3.05, 3.63) is 72.1 Å². The van der Waals surface area contributed by atoms with Gasteiger partial charge in [0, 0.05) is 30.3 Å². The zero-order valence-electron chi connectivity index (χ0n) is 17.9. The van der Waals surface area contributed by atoms with Crippen LogP contribution in [0.15, 0.2) is 65.8 Å². The quantitative estimate of drug-likeness (QED) is 0.505. The lowest BCUT2D eigenvalue weighted by molar-refractivity contribution is -0.119. The molecule has 166 valence electrons. The highest BCUT2D eigenvalue weighted by molar-refractivity contribution is 7.99. The molecular weight excluding hydrogens is 422 g/mol. The number of thioether (sulfide) groups is 1. The number of nitrogens with zero attached hydrogens (tertiary/aromatic N) is 3. The Balaban J connectivity index is 1.37. The van der Waals surface area contributed by atoms with Crippen LogP contribution in [0.25, 0.3) is 5.69 Å². The molecule has 7 nitrogen and oxygen atoms in total. The number of carbonyl (C=O) groups excluding carboxylic acids is 2. The maximum absolute atomic E-state index is 12.2. The van der Waals surface area contributed by atoms with Gasteiger partial charge in [-0.2, -0.15) is 0 Å². The molecule has 8 heteroatoms. The van der Waals surface area contributed by atoms with Gasteiger partial charge in [-0.15, -0.1) is 10.2 Å². The van der Waals surface area contributed by atoms with Crippen LogP contribution >= 0.6 is 11.8 Å². The second-order valence-corrected chi connectivity index (χ2v) is 8.90. The molecule has 0 spiro atoms. The summed E-state index contributed by atoms with van der Waals surface area (Å²) in [5.41, 5.74) is 2.13. The van der Waals surface area contributed by atoms with Gasteiger partial charge >= 0.3 is 6.03 Å². The Kier molecular flexibility index (Phi) is 7.55. The number of nitrogens with one attached hydrogen (secondary N) is 2. The third-order valence-corrected chi connectivity index (χ3v) is 6.35. The molecule has 0 unspecified atom stereocenters. The Morgan fingerprint density at radius 2 is 1.66 bits per heavy atom. The summed E-state index contributed by atoms with van der Waals surface area (Å²) >= 11 is 1.46. The van der Waals surface area contributed by atoms with Crippen molar-refractivity contribution in [3.63, 3.8) is 0 Å². The van der Waals surface area contributed by atoms with Crippen molar-refractivity contribution in [2.24, 2.45) is 0 Å². The van der Waals surface area contributed by atoms with Crippen LogP contribution in [-0.2, 0) is 11.2 Å². The van der Waals surface area contributed by atoms with Crippen LogP contribution in [0.5, 0.6) is 0 Å². The molecule has 1 heterocycles. The summed E-state index contributed by atoms with van der Waals surface area (Å²) in [5.74, 6) is 1.05. The van der Waals surface area contributed by atoms with E-state index in [0.717, 1.165) is 47.9 Å². The second kappa shape index (κ2) is 10.9. The van der Waals surface area contributed by atoms with E-state index in [0.29, 0.717) is 12.2 Å². The maximum Gasteiger partial charge on any atom is 0.321 e. The number of amides is 3. The first-order valence-electron chi connectivity index (χ1n) is 11.0.